The minimum atomic E-state index is -3.87. The number of nitrogens with zero attached hydrogens (tertiary/aromatic N) is 2. The average molecular weight is 483 g/mol. The predicted molar refractivity (Wildman–Crippen MR) is 136 cm³/mol. The SMILES string of the molecule is O=C(NCc1cccnc1)Nc1ccc2c(ccn2S(=O)(=O)c2ccccc2-c2ccccc2)c1. The lowest BCUT2D eigenvalue weighted by molar-refractivity contribution is 0.251. The molecular weight excluding hydrogens is 460 g/mol. The number of amides is 2. The van der Waals surface area contributed by atoms with Crippen molar-refractivity contribution in [1.82, 2.24) is 14.3 Å². The second kappa shape index (κ2) is 9.44. The number of carbonyl (C=O) groups excluding carboxylic acids is 1. The van der Waals surface area contributed by atoms with E-state index < -0.39 is 10.0 Å². The summed E-state index contributed by atoms with van der Waals surface area (Å²) >= 11 is 0. The van der Waals surface area contributed by atoms with Gasteiger partial charge in [0.05, 0.1) is 10.4 Å². The van der Waals surface area contributed by atoms with Crippen LogP contribution in [0.1, 0.15) is 5.56 Å². The number of rotatable bonds is 6. The van der Waals surface area contributed by atoms with Gasteiger partial charge in [-0.15, -0.1) is 0 Å². The summed E-state index contributed by atoms with van der Waals surface area (Å²) in [6.45, 7) is 0.345. The number of carbonyl (C=O) groups is 1. The molecule has 0 atom stereocenters. The van der Waals surface area contributed by atoms with Crippen LogP contribution in [0.5, 0.6) is 0 Å². The molecule has 8 heteroatoms. The highest BCUT2D eigenvalue weighted by atomic mass is 32.2. The molecular formula is C27H22N4O3S. The fourth-order valence-electron chi connectivity index (χ4n) is 3.92. The molecule has 2 heterocycles. The van der Waals surface area contributed by atoms with E-state index in [1.54, 1.807) is 60.9 Å². The van der Waals surface area contributed by atoms with Gasteiger partial charge in [0.2, 0.25) is 0 Å². The molecule has 7 nitrogen and oxygen atoms in total. The molecule has 0 saturated carbocycles. The molecule has 0 radical (unpaired) electrons. The van der Waals surface area contributed by atoms with Gasteiger partial charge in [0.25, 0.3) is 10.0 Å². The van der Waals surface area contributed by atoms with Gasteiger partial charge in [-0.3, -0.25) is 4.98 Å². The molecule has 0 unspecified atom stereocenters. The maximum Gasteiger partial charge on any atom is 0.319 e. The smallest absolute Gasteiger partial charge is 0.319 e. The fourth-order valence-corrected chi connectivity index (χ4v) is 5.49. The van der Waals surface area contributed by atoms with Gasteiger partial charge in [0.15, 0.2) is 0 Å². The number of pyridine rings is 1. The summed E-state index contributed by atoms with van der Waals surface area (Å²) in [5, 5.41) is 6.25. The maximum absolute atomic E-state index is 13.7. The van der Waals surface area contributed by atoms with E-state index in [0.717, 1.165) is 11.1 Å². The third-order valence-electron chi connectivity index (χ3n) is 5.60. The lowest BCUT2D eigenvalue weighted by Gasteiger charge is -2.13. The van der Waals surface area contributed by atoms with Crippen molar-refractivity contribution in [3.63, 3.8) is 0 Å². The van der Waals surface area contributed by atoms with Gasteiger partial charge in [-0.1, -0.05) is 54.6 Å². The van der Waals surface area contributed by atoms with Crippen molar-refractivity contribution >= 4 is 32.6 Å². The van der Waals surface area contributed by atoms with Gasteiger partial charge in [0, 0.05) is 41.8 Å². The quantitative estimate of drug-likeness (QED) is 0.345. The van der Waals surface area contributed by atoms with Crippen LogP contribution >= 0.6 is 0 Å². The van der Waals surface area contributed by atoms with E-state index >= 15 is 0 Å². The molecule has 174 valence electrons. The molecule has 2 N–H and O–H groups in total. The first kappa shape index (κ1) is 22.4. The van der Waals surface area contributed by atoms with Crippen molar-refractivity contribution < 1.29 is 13.2 Å². The summed E-state index contributed by atoms with van der Waals surface area (Å²) < 4.78 is 28.6. The minimum absolute atomic E-state index is 0.223. The Morgan fingerprint density at radius 2 is 1.69 bits per heavy atom. The van der Waals surface area contributed by atoms with Gasteiger partial charge in [-0.05, 0) is 47.5 Å². The first-order chi connectivity index (χ1) is 17.0. The monoisotopic (exact) mass is 482 g/mol. The number of fused-ring (bicyclic) bond motifs is 1. The molecule has 5 rings (SSSR count). The zero-order valence-electron chi connectivity index (χ0n) is 18.6. The number of hydrogen-bond acceptors (Lipinski definition) is 4. The summed E-state index contributed by atoms with van der Waals surface area (Å²) in [6.07, 6.45) is 4.89. The van der Waals surface area contributed by atoms with E-state index in [1.807, 2.05) is 42.5 Å². The van der Waals surface area contributed by atoms with Crippen LogP contribution in [-0.2, 0) is 16.6 Å². The van der Waals surface area contributed by atoms with Crippen molar-refractivity contribution in [3.05, 3.63) is 115 Å². The Hall–Kier alpha value is -4.43. The lowest BCUT2D eigenvalue weighted by Crippen LogP contribution is -2.28. The van der Waals surface area contributed by atoms with Crippen molar-refractivity contribution in [2.75, 3.05) is 5.32 Å². The molecule has 35 heavy (non-hydrogen) atoms. The van der Waals surface area contributed by atoms with Crippen LogP contribution in [-0.4, -0.2) is 23.4 Å². The number of nitrogens with one attached hydrogen (secondary N) is 2. The Labute approximate surface area is 203 Å². The largest absolute Gasteiger partial charge is 0.334 e. The van der Waals surface area contributed by atoms with Crippen molar-refractivity contribution in [2.24, 2.45) is 0 Å². The molecule has 0 fully saturated rings. The molecule has 0 bridgehead atoms. The normalized spacial score (nSPS) is 11.3. The topological polar surface area (TPSA) is 93.1 Å². The third-order valence-corrected chi connectivity index (χ3v) is 7.35. The maximum atomic E-state index is 13.7. The highest BCUT2D eigenvalue weighted by molar-refractivity contribution is 7.90. The zero-order chi connectivity index (χ0) is 24.3. The zero-order valence-corrected chi connectivity index (χ0v) is 19.4. The molecule has 0 aliphatic heterocycles. The van der Waals surface area contributed by atoms with Gasteiger partial charge in [-0.2, -0.15) is 0 Å². The Morgan fingerprint density at radius 3 is 2.49 bits per heavy atom. The van der Waals surface area contributed by atoms with E-state index in [0.29, 0.717) is 28.7 Å². The van der Waals surface area contributed by atoms with Crippen LogP contribution in [0, 0.1) is 0 Å². The van der Waals surface area contributed by atoms with E-state index in [4.69, 9.17) is 0 Å². The summed E-state index contributed by atoms with van der Waals surface area (Å²) in [5.41, 5.74) is 3.43. The second-order valence-corrected chi connectivity index (χ2v) is 9.70. The standard InChI is InChI=1S/C27H22N4O3S/c32-27(29-19-20-7-6-15-28-18-20)30-23-12-13-25-22(17-23)14-16-31(25)35(33,34)26-11-5-4-10-24(26)21-8-2-1-3-9-21/h1-18H,19H2,(H2,29,30,32). The van der Waals surface area contributed by atoms with Gasteiger partial charge in [-0.25, -0.2) is 17.2 Å². The number of aromatic nitrogens is 2. The Morgan fingerprint density at radius 1 is 0.886 bits per heavy atom. The average Bonchev–Trinajstić information content (AvgIpc) is 3.33. The van der Waals surface area contributed by atoms with Crippen LogP contribution in [0.25, 0.3) is 22.0 Å². The second-order valence-electron chi connectivity index (χ2n) is 7.92. The first-order valence-corrected chi connectivity index (χ1v) is 12.4. The summed E-state index contributed by atoms with van der Waals surface area (Å²) in [7, 11) is -3.87. The Balaban J connectivity index is 1.40. The molecule has 0 aliphatic rings. The van der Waals surface area contributed by atoms with Gasteiger partial charge < -0.3 is 10.6 Å². The summed E-state index contributed by atoms with van der Waals surface area (Å²) in [6, 6.07) is 26.5. The molecule has 2 amide bonds. The van der Waals surface area contributed by atoms with Crippen LogP contribution in [0.2, 0.25) is 0 Å². The number of benzene rings is 3. The summed E-state index contributed by atoms with van der Waals surface area (Å²) in [4.78, 5) is 16.5. The number of hydrogen-bond donors (Lipinski definition) is 2. The van der Waals surface area contributed by atoms with E-state index in [9.17, 15) is 13.2 Å². The Kier molecular flexibility index (Phi) is 6.03. The van der Waals surface area contributed by atoms with Crippen LogP contribution in [0.15, 0.2) is 114 Å². The lowest BCUT2D eigenvalue weighted by atomic mass is 10.1. The van der Waals surface area contributed by atoms with Crippen molar-refractivity contribution in [3.8, 4) is 11.1 Å². The van der Waals surface area contributed by atoms with Crippen LogP contribution < -0.4 is 10.6 Å². The van der Waals surface area contributed by atoms with Crippen molar-refractivity contribution in [1.29, 1.82) is 0 Å². The summed E-state index contributed by atoms with van der Waals surface area (Å²) in [5.74, 6) is 0. The first-order valence-electron chi connectivity index (χ1n) is 11.0. The highest BCUT2D eigenvalue weighted by Gasteiger charge is 2.22. The van der Waals surface area contributed by atoms with Gasteiger partial charge in [0.1, 0.15) is 0 Å². The van der Waals surface area contributed by atoms with Crippen molar-refractivity contribution in [2.45, 2.75) is 11.4 Å². The minimum Gasteiger partial charge on any atom is -0.334 e. The van der Waals surface area contributed by atoms with Gasteiger partial charge >= 0.3 is 6.03 Å². The van der Waals surface area contributed by atoms with E-state index in [2.05, 4.69) is 15.6 Å². The van der Waals surface area contributed by atoms with Crippen LogP contribution in [0.3, 0.4) is 0 Å². The predicted octanol–water partition coefficient (Wildman–Crippen LogP) is 5.26. The van der Waals surface area contributed by atoms with E-state index in [1.165, 1.54) is 10.2 Å². The molecule has 0 saturated heterocycles. The fraction of sp³-hybridized carbons (Fsp3) is 0.0370. The molecule has 3 aromatic carbocycles. The number of urea groups is 1. The number of anilines is 1. The molecule has 5 aromatic rings. The highest BCUT2D eigenvalue weighted by Crippen LogP contribution is 2.31. The third kappa shape index (κ3) is 4.64. The molecule has 2 aromatic heterocycles. The van der Waals surface area contributed by atoms with Crippen LogP contribution in [0.4, 0.5) is 10.5 Å². The van der Waals surface area contributed by atoms with E-state index in [-0.39, 0.29) is 10.9 Å². The Bertz CT molecular complexity index is 1600. The molecule has 0 aliphatic carbocycles. The molecule has 0 spiro atoms.